The molecule has 0 aliphatic rings. The molecule has 0 bridgehead atoms. The van der Waals surface area contributed by atoms with Gasteiger partial charge in [0.1, 0.15) is 0 Å². The summed E-state index contributed by atoms with van der Waals surface area (Å²) in [6, 6.07) is 1.82. The van der Waals surface area contributed by atoms with Gasteiger partial charge in [-0.25, -0.2) is 0 Å². The van der Waals surface area contributed by atoms with E-state index in [1.165, 1.54) is 0 Å². The molecule has 0 N–H and O–H groups in total. The van der Waals surface area contributed by atoms with Crippen LogP contribution in [0.3, 0.4) is 0 Å². The van der Waals surface area contributed by atoms with Crippen LogP contribution in [0.25, 0.3) is 11.1 Å². The maximum atomic E-state index is 10.7. The van der Waals surface area contributed by atoms with Crippen LogP contribution in [0.1, 0.15) is 23.0 Å². The van der Waals surface area contributed by atoms with E-state index in [2.05, 4.69) is 10.1 Å². The van der Waals surface area contributed by atoms with Crippen LogP contribution in [0.15, 0.2) is 24.7 Å². The molecule has 0 aliphatic heterocycles. The summed E-state index contributed by atoms with van der Waals surface area (Å²) in [6.07, 6.45) is 6.07. The van der Waals surface area contributed by atoms with Crippen molar-refractivity contribution in [2.75, 3.05) is 0 Å². The molecule has 0 atom stereocenters. The first kappa shape index (κ1) is 10.5. The zero-order valence-electron chi connectivity index (χ0n) is 9.34. The average molecular weight is 215 g/mol. The Labute approximate surface area is 93.9 Å². The SMILES string of the molecule is CCn1cc(-c2cncc(C=O)c2)c(C)n1. The molecule has 0 aromatic carbocycles. The molecule has 82 valence electrons. The first-order chi connectivity index (χ1) is 7.74. The van der Waals surface area contributed by atoms with Crippen LogP contribution in [0.4, 0.5) is 0 Å². The highest BCUT2D eigenvalue weighted by Crippen LogP contribution is 2.22. The van der Waals surface area contributed by atoms with Gasteiger partial charge in [-0.1, -0.05) is 0 Å². The number of nitrogens with zero attached hydrogens (tertiary/aromatic N) is 3. The Morgan fingerprint density at radius 1 is 1.44 bits per heavy atom. The van der Waals surface area contributed by atoms with Crippen LogP contribution >= 0.6 is 0 Å². The van der Waals surface area contributed by atoms with Gasteiger partial charge < -0.3 is 0 Å². The molecule has 0 unspecified atom stereocenters. The van der Waals surface area contributed by atoms with Gasteiger partial charge in [-0.05, 0) is 19.9 Å². The van der Waals surface area contributed by atoms with E-state index in [0.717, 1.165) is 29.7 Å². The van der Waals surface area contributed by atoms with Crippen LogP contribution in [-0.2, 0) is 6.54 Å². The van der Waals surface area contributed by atoms with Crippen molar-refractivity contribution in [3.8, 4) is 11.1 Å². The van der Waals surface area contributed by atoms with E-state index >= 15 is 0 Å². The minimum atomic E-state index is 0.584. The van der Waals surface area contributed by atoms with E-state index in [9.17, 15) is 4.79 Å². The molecule has 0 saturated carbocycles. The highest BCUT2D eigenvalue weighted by Gasteiger charge is 2.07. The lowest BCUT2D eigenvalue weighted by Crippen LogP contribution is -1.93. The monoisotopic (exact) mass is 215 g/mol. The summed E-state index contributed by atoms with van der Waals surface area (Å²) in [5, 5.41) is 4.36. The lowest BCUT2D eigenvalue weighted by atomic mass is 10.1. The minimum absolute atomic E-state index is 0.584. The number of pyridine rings is 1. The van der Waals surface area contributed by atoms with Crippen molar-refractivity contribution in [2.24, 2.45) is 0 Å². The van der Waals surface area contributed by atoms with Gasteiger partial charge in [0.25, 0.3) is 0 Å². The lowest BCUT2D eigenvalue weighted by Gasteiger charge is -1.98. The number of aryl methyl sites for hydroxylation is 2. The van der Waals surface area contributed by atoms with Gasteiger partial charge in [-0.2, -0.15) is 5.10 Å². The third-order valence-electron chi connectivity index (χ3n) is 2.48. The van der Waals surface area contributed by atoms with E-state index in [1.807, 2.05) is 30.8 Å². The minimum Gasteiger partial charge on any atom is -0.298 e. The second-order valence-corrected chi connectivity index (χ2v) is 3.61. The molecule has 2 heterocycles. The topological polar surface area (TPSA) is 47.8 Å². The Kier molecular flexibility index (Phi) is 2.81. The summed E-state index contributed by atoms with van der Waals surface area (Å²) in [5.74, 6) is 0. The third-order valence-corrected chi connectivity index (χ3v) is 2.48. The number of hydrogen-bond acceptors (Lipinski definition) is 3. The van der Waals surface area contributed by atoms with Crippen molar-refractivity contribution in [3.63, 3.8) is 0 Å². The Balaban J connectivity index is 2.48. The normalized spacial score (nSPS) is 10.4. The maximum absolute atomic E-state index is 10.7. The fourth-order valence-electron chi connectivity index (χ4n) is 1.63. The number of carbonyl (C=O) groups is 1. The van der Waals surface area contributed by atoms with Crippen LogP contribution in [0.5, 0.6) is 0 Å². The first-order valence-electron chi connectivity index (χ1n) is 5.19. The predicted molar refractivity (Wildman–Crippen MR) is 61.3 cm³/mol. The van der Waals surface area contributed by atoms with E-state index in [-0.39, 0.29) is 0 Å². The second kappa shape index (κ2) is 4.26. The molecule has 0 aliphatic carbocycles. The highest BCUT2D eigenvalue weighted by molar-refractivity contribution is 5.78. The number of aromatic nitrogens is 3. The van der Waals surface area contributed by atoms with Gasteiger partial charge >= 0.3 is 0 Å². The van der Waals surface area contributed by atoms with E-state index in [0.29, 0.717) is 5.56 Å². The van der Waals surface area contributed by atoms with Gasteiger partial charge in [0.15, 0.2) is 6.29 Å². The van der Waals surface area contributed by atoms with Crippen molar-refractivity contribution < 1.29 is 4.79 Å². The van der Waals surface area contributed by atoms with Gasteiger partial charge in [-0.3, -0.25) is 14.5 Å². The number of rotatable bonds is 3. The molecule has 0 saturated heterocycles. The molecule has 16 heavy (non-hydrogen) atoms. The van der Waals surface area contributed by atoms with Crippen molar-refractivity contribution in [2.45, 2.75) is 20.4 Å². The average Bonchev–Trinajstić information content (AvgIpc) is 2.71. The molecular weight excluding hydrogens is 202 g/mol. The maximum Gasteiger partial charge on any atom is 0.151 e. The molecule has 2 aromatic heterocycles. The van der Waals surface area contributed by atoms with Crippen LogP contribution in [0, 0.1) is 6.92 Å². The largest absolute Gasteiger partial charge is 0.298 e. The summed E-state index contributed by atoms with van der Waals surface area (Å²) < 4.78 is 1.87. The van der Waals surface area contributed by atoms with Crippen LogP contribution in [-0.4, -0.2) is 21.1 Å². The summed E-state index contributed by atoms with van der Waals surface area (Å²) in [7, 11) is 0. The van der Waals surface area contributed by atoms with Crippen LogP contribution in [0.2, 0.25) is 0 Å². The molecule has 2 rings (SSSR count). The molecular formula is C12H13N3O. The van der Waals surface area contributed by atoms with Crippen molar-refractivity contribution >= 4 is 6.29 Å². The molecule has 4 heteroatoms. The molecule has 0 spiro atoms. The quantitative estimate of drug-likeness (QED) is 0.736. The smallest absolute Gasteiger partial charge is 0.151 e. The Hall–Kier alpha value is -1.97. The number of carbonyl (C=O) groups excluding carboxylic acids is 1. The molecule has 0 amide bonds. The van der Waals surface area contributed by atoms with Crippen molar-refractivity contribution in [1.29, 1.82) is 0 Å². The van der Waals surface area contributed by atoms with Crippen molar-refractivity contribution in [1.82, 2.24) is 14.8 Å². The van der Waals surface area contributed by atoms with E-state index in [4.69, 9.17) is 0 Å². The zero-order valence-corrected chi connectivity index (χ0v) is 9.34. The first-order valence-corrected chi connectivity index (χ1v) is 5.19. The van der Waals surface area contributed by atoms with Gasteiger partial charge in [-0.15, -0.1) is 0 Å². The zero-order chi connectivity index (χ0) is 11.5. The van der Waals surface area contributed by atoms with Crippen molar-refractivity contribution in [3.05, 3.63) is 35.9 Å². The lowest BCUT2D eigenvalue weighted by molar-refractivity contribution is 0.112. The molecule has 4 nitrogen and oxygen atoms in total. The summed E-state index contributed by atoms with van der Waals surface area (Å²) in [4.78, 5) is 14.7. The number of hydrogen-bond donors (Lipinski definition) is 0. The molecule has 0 radical (unpaired) electrons. The standard InChI is InChI=1S/C12H13N3O/c1-3-15-7-12(9(2)14-15)11-4-10(8-16)5-13-6-11/h4-8H,3H2,1-2H3. The Morgan fingerprint density at radius 2 is 2.25 bits per heavy atom. The van der Waals surface area contributed by atoms with Gasteiger partial charge in [0, 0.05) is 41.8 Å². The molecule has 2 aromatic rings. The number of aldehydes is 1. The van der Waals surface area contributed by atoms with Gasteiger partial charge in [0.2, 0.25) is 0 Å². The highest BCUT2D eigenvalue weighted by atomic mass is 16.1. The Bertz CT molecular complexity index is 517. The Morgan fingerprint density at radius 3 is 2.88 bits per heavy atom. The van der Waals surface area contributed by atoms with E-state index in [1.54, 1.807) is 12.4 Å². The summed E-state index contributed by atoms with van der Waals surface area (Å²) in [6.45, 7) is 4.83. The third kappa shape index (κ3) is 1.86. The second-order valence-electron chi connectivity index (χ2n) is 3.61. The fourth-order valence-corrected chi connectivity index (χ4v) is 1.63. The van der Waals surface area contributed by atoms with Crippen LogP contribution < -0.4 is 0 Å². The summed E-state index contributed by atoms with van der Waals surface area (Å²) in [5.41, 5.74) is 3.49. The summed E-state index contributed by atoms with van der Waals surface area (Å²) >= 11 is 0. The predicted octanol–water partition coefficient (Wildman–Crippen LogP) is 2.09. The fraction of sp³-hybridized carbons (Fsp3) is 0.250. The molecule has 0 fully saturated rings. The van der Waals surface area contributed by atoms with Gasteiger partial charge in [0.05, 0.1) is 5.69 Å². The van der Waals surface area contributed by atoms with E-state index < -0.39 is 0 Å².